The number of ether oxygens (including phenoxy) is 3. The van der Waals surface area contributed by atoms with Crippen molar-refractivity contribution < 1.29 is 47.8 Å². The van der Waals surface area contributed by atoms with Gasteiger partial charge in [0.05, 0.1) is 33.9 Å². The molecule has 0 saturated heterocycles. The number of ketones is 1. The molecule has 0 atom stereocenters. The zero-order chi connectivity index (χ0) is 37.1. The molecule has 0 aromatic carbocycles. The zero-order valence-corrected chi connectivity index (χ0v) is 19.0. The lowest BCUT2D eigenvalue weighted by Crippen LogP contribution is -1.91. The van der Waals surface area contributed by atoms with Gasteiger partial charge >= 0.3 is 5.97 Å². The Bertz CT molecular complexity index is 1030. The SMILES string of the molecule is C=CC(=O)OC.C=COC.[2H]C1([2H])CCC([2H])([2H])C1([2H])/C=C/OC.[2H]C1([2H])CCC([2H])([2H])C1([2H])C=O.[2H]C1([2H])CCC([2H])([2H])C1=O. The smallest absolute Gasteiger partial charge is 0.329 e. The molecular formula is C26H44O6. The monoisotopic (exact) mass is 466 g/mol. The molecule has 3 aliphatic rings. The first kappa shape index (κ1) is 14.0. The second-order valence-corrected chi connectivity index (χ2v) is 5.50. The molecule has 0 bridgehead atoms. The van der Waals surface area contributed by atoms with Crippen molar-refractivity contribution in [1.29, 1.82) is 0 Å². The molecule has 3 saturated carbocycles. The molecule has 3 fully saturated rings. The second kappa shape index (κ2) is 24.9. The number of carbonyl (C=O) groups is 3. The number of hydrogen-bond acceptors (Lipinski definition) is 6. The molecule has 184 valence electrons. The molecule has 32 heavy (non-hydrogen) atoms. The Balaban J connectivity index is 0. The lowest BCUT2D eigenvalue weighted by molar-refractivity contribution is -0.134. The maximum Gasteiger partial charge on any atom is 0.329 e. The van der Waals surface area contributed by atoms with E-state index in [0.717, 1.165) is 6.08 Å². The van der Waals surface area contributed by atoms with Crippen LogP contribution in [-0.2, 0) is 28.6 Å². The van der Waals surface area contributed by atoms with Gasteiger partial charge in [0, 0.05) is 43.9 Å². The first-order valence-electron chi connectivity index (χ1n) is 16.7. The number of carbonyl (C=O) groups excluding carboxylic acids is 3. The highest BCUT2D eigenvalue weighted by atomic mass is 16.5. The van der Waals surface area contributed by atoms with Crippen LogP contribution in [0, 0.1) is 11.8 Å². The van der Waals surface area contributed by atoms with Crippen molar-refractivity contribution in [1.82, 2.24) is 0 Å². The minimum absolute atomic E-state index is 0.0127. The van der Waals surface area contributed by atoms with E-state index in [0.29, 0.717) is 0 Å². The van der Waals surface area contributed by atoms with Gasteiger partial charge < -0.3 is 19.0 Å². The summed E-state index contributed by atoms with van der Waals surface area (Å²) in [4.78, 5) is 31.1. The van der Waals surface area contributed by atoms with Crippen LogP contribution < -0.4 is 0 Å². The minimum Gasteiger partial charge on any atom is -0.505 e. The summed E-state index contributed by atoms with van der Waals surface area (Å²) in [7, 11) is 4.26. The zero-order valence-electron chi connectivity index (χ0n) is 33.0. The van der Waals surface area contributed by atoms with E-state index >= 15 is 0 Å². The molecular weight excluding hydrogens is 408 g/mol. The van der Waals surface area contributed by atoms with Gasteiger partial charge in [-0.1, -0.05) is 38.8 Å². The quantitative estimate of drug-likeness (QED) is 0.215. The minimum atomic E-state index is -2.24. The molecule has 3 rings (SSSR count). The van der Waals surface area contributed by atoms with Crippen molar-refractivity contribution >= 4 is 18.0 Å². The number of hydrogen-bond donors (Lipinski definition) is 0. The fraction of sp³-hybridized carbons (Fsp3) is 0.654. The van der Waals surface area contributed by atoms with Crippen LogP contribution in [0.3, 0.4) is 0 Å². The normalized spacial score (nSPS) is 35.0. The molecule has 0 N–H and O–H groups in total. The van der Waals surface area contributed by atoms with E-state index in [4.69, 9.17) is 19.2 Å². The van der Waals surface area contributed by atoms with Crippen molar-refractivity contribution in [3.05, 3.63) is 37.8 Å². The van der Waals surface area contributed by atoms with Gasteiger partial charge in [-0.05, 0) is 50.3 Å². The second-order valence-electron chi connectivity index (χ2n) is 5.50. The van der Waals surface area contributed by atoms with E-state index in [1.165, 1.54) is 32.8 Å². The Kier molecular flexibility index (Phi) is 10.9. The van der Waals surface area contributed by atoms with Gasteiger partial charge in [0.1, 0.15) is 12.1 Å². The maximum atomic E-state index is 10.8. The van der Waals surface area contributed by atoms with Crippen LogP contribution in [0.4, 0.5) is 0 Å². The largest absolute Gasteiger partial charge is 0.505 e. The van der Waals surface area contributed by atoms with Gasteiger partial charge in [0.15, 0.2) is 0 Å². The van der Waals surface area contributed by atoms with Crippen molar-refractivity contribution in [2.24, 2.45) is 11.8 Å². The van der Waals surface area contributed by atoms with Crippen molar-refractivity contribution in [2.75, 3.05) is 21.3 Å². The molecule has 0 aromatic rings. The van der Waals surface area contributed by atoms with Gasteiger partial charge in [-0.15, -0.1) is 0 Å². The Morgan fingerprint density at radius 2 is 1.41 bits per heavy atom. The van der Waals surface area contributed by atoms with Gasteiger partial charge in [0.2, 0.25) is 0 Å². The number of methoxy groups -OCH3 is 3. The topological polar surface area (TPSA) is 78.9 Å². The van der Waals surface area contributed by atoms with Crippen LogP contribution >= 0.6 is 0 Å². The summed E-state index contributed by atoms with van der Waals surface area (Å²) in [5.41, 5.74) is 0. The maximum absolute atomic E-state index is 10.8. The Morgan fingerprint density at radius 1 is 0.938 bits per heavy atom. The first-order valence-corrected chi connectivity index (χ1v) is 9.68. The van der Waals surface area contributed by atoms with Crippen LogP contribution in [-0.4, -0.2) is 39.4 Å². The standard InChI is InChI=1S/C8H14O.C6H10O.C5H8O.C4H6O2.C3H6O/c1-9-7-6-8-4-2-3-5-8;7-5-6-3-1-2-4-6;6-5-3-1-2-4-5;1-3-4(5)6-2;1-3-4-2/h6-8H,2-5H2,1H3;5-6H,1-4H2;1-4H2;3H,1H2,2H3;3H,1H2,2H3/b7-6+;;;;/i4D2,5D2,8D;3D2,4D2,6D;3D2,4D2;;. The Morgan fingerprint density at radius 3 is 1.62 bits per heavy atom. The molecule has 0 aliphatic heterocycles. The molecule has 0 heterocycles. The molecule has 0 spiro atoms. The van der Waals surface area contributed by atoms with Crippen LogP contribution in [0.25, 0.3) is 0 Å². The molecule has 0 amide bonds. The van der Waals surface area contributed by atoms with Crippen LogP contribution in [0.15, 0.2) is 37.8 Å². The van der Waals surface area contributed by atoms with Gasteiger partial charge in [0.25, 0.3) is 0 Å². The third kappa shape index (κ3) is 22.3. The van der Waals surface area contributed by atoms with Crippen molar-refractivity contribution in [2.45, 2.75) is 76.8 Å². The van der Waals surface area contributed by atoms with Crippen molar-refractivity contribution in [3.63, 3.8) is 0 Å². The van der Waals surface area contributed by atoms with E-state index in [1.54, 1.807) is 7.11 Å². The third-order valence-corrected chi connectivity index (χ3v) is 3.23. The summed E-state index contributed by atoms with van der Waals surface area (Å²) < 4.78 is 116. The van der Waals surface area contributed by atoms with Crippen LogP contribution in [0.2, 0.25) is 0 Å². The van der Waals surface area contributed by atoms with Crippen molar-refractivity contribution in [3.8, 4) is 0 Å². The molecule has 6 nitrogen and oxygen atoms in total. The summed E-state index contributed by atoms with van der Waals surface area (Å²) in [5, 5.41) is 0. The number of allylic oxidation sites excluding steroid dienone is 1. The third-order valence-electron chi connectivity index (χ3n) is 3.23. The number of Topliss-reactive ketones (excluding diaryl/α,β-unsaturated/α-hetero) is 1. The summed E-state index contributed by atoms with van der Waals surface area (Å²) in [6.45, 7) is 6.41. The lowest BCUT2D eigenvalue weighted by Gasteiger charge is -1.97. The van der Waals surface area contributed by atoms with E-state index in [9.17, 15) is 14.4 Å². The highest BCUT2D eigenvalue weighted by Gasteiger charge is 2.12. The average molecular weight is 467 g/mol. The molecule has 0 radical (unpaired) electrons. The van der Waals surface area contributed by atoms with Crippen LogP contribution in [0.5, 0.6) is 0 Å². The highest BCUT2D eigenvalue weighted by molar-refractivity contribution is 5.81. The fourth-order valence-electron chi connectivity index (χ4n) is 1.75. The number of esters is 1. The number of aldehydes is 1. The summed E-state index contributed by atoms with van der Waals surface area (Å²) in [6, 6.07) is 0. The van der Waals surface area contributed by atoms with E-state index in [2.05, 4.69) is 27.4 Å². The van der Waals surface area contributed by atoms with E-state index in [1.807, 2.05) is 0 Å². The van der Waals surface area contributed by atoms with Crippen LogP contribution in [0.1, 0.15) is 96.0 Å². The van der Waals surface area contributed by atoms with Gasteiger partial charge in [-0.2, -0.15) is 0 Å². The van der Waals surface area contributed by atoms with E-state index in [-0.39, 0.29) is 44.8 Å². The van der Waals surface area contributed by atoms with Gasteiger partial charge in [-0.3, -0.25) is 4.79 Å². The predicted octanol–water partition coefficient (Wildman–Crippen LogP) is 5.96. The Hall–Kier alpha value is -2.37. The van der Waals surface area contributed by atoms with E-state index < -0.39 is 61.8 Å². The summed E-state index contributed by atoms with van der Waals surface area (Å²) in [6.07, 6.45) is -6.69. The Labute approximate surface area is 214 Å². The summed E-state index contributed by atoms with van der Waals surface area (Å²) in [5.74, 6) is -5.38. The summed E-state index contributed by atoms with van der Waals surface area (Å²) >= 11 is 0. The lowest BCUT2D eigenvalue weighted by atomic mass is 10.1. The first-order chi connectivity index (χ1) is 20.6. The molecule has 6 heteroatoms. The predicted molar refractivity (Wildman–Crippen MR) is 129 cm³/mol. The average Bonchev–Trinajstić information content (AvgIpc) is 3.37. The molecule has 3 aliphatic carbocycles. The van der Waals surface area contributed by atoms with Gasteiger partial charge in [-0.25, -0.2) is 4.79 Å². The molecule has 0 unspecified atom stereocenters. The fourth-order valence-corrected chi connectivity index (χ4v) is 1.75. The highest BCUT2D eigenvalue weighted by Crippen LogP contribution is 2.25. The molecule has 0 aromatic heterocycles. The number of rotatable bonds is 5.